The normalized spacial score (nSPS) is 12.5. The molecule has 0 amide bonds. The van der Waals surface area contributed by atoms with Crippen LogP contribution < -0.4 is 0 Å². The summed E-state index contributed by atoms with van der Waals surface area (Å²) in [4.78, 5) is 24.9. The van der Waals surface area contributed by atoms with E-state index in [1.807, 2.05) is 26.0 Å². The van der Waals surface area contributed by atoms with E-state index in [-0.39, 0.29) is 24.0 Å². The maximum Gasteiger partial charge on any atom is 0.303 e. The van der Waals surface area contributed by atoms with Crippen molar-refractivity contribution in [2.24, 2.45) is 5.41 Å². The van der Waals surface area contributed by atoms with E-state index in [1.165, 1.54) is 16.2 Å². The zero-order valence-electron chi connectivity index (χ0n) is 12.2. The van der Waals surface area contributed by atoms with Crippen molar-refractivity contribution < 1.29 is 14.7 Å². The summed E-state index contributed by atoms with van der Waals surface area (Å²) < 4.78 is 0. The van der Waals surface area contributed by atoms with Crippen molar-refractivity contribution in [1.29, 1.82) is 0 Å². The predicted octanol–water partition coefficient (Wildman–Crippen LogP) is 4.12. The second-order valence-corrected chi connectivity index (χ2v) is 7.83. The van der Waals surface area contributed by atoms with Crippen molar-refractivity contribution in [1.82, 2.24) is 0 Å². The molecule has 1 aromatic heterocycles. The maximum absolute atomic E-state index is 12.2. The van der Waals surface area contributed by atoms with Gasteiger partial charge < -0.3 is 5.11 Å². The third kappa shape index (κ3) is 4.78. The van der Waals surface area contributed by atoms with Gasteiger partial charge in [0.15, 0.2) is 5.78 Å². The summed E-state index contributed by atoms with van der Waals surface area (Å²) in [6, 6.07) is 3.84. The third-order valence-corrected chi connectivity index (χ3v) is 4.44. The molecule has 0 aliphatic rings. The summed E-state index contributed by atoms with van der Waals surface area (Å²) in [6.45, 7) is 9.97. The summed E-state index contributed by atoms with van der Waals surface area (Å²) in [7, 11) is 0. The fraction of sp³-hybridized carbons (Fsp3) is 0.600. The van der Waals surface area contributed by atoms with Gasteiger partial charge >= 0.3 is 5.97 Å². The smallest absolute Gasteiger partial charge is 0.303 e. The summed E-state index contributed by atoms with van der Waals surface area (Å²) in [5.74, 6) is -0.828. The zero-order chi connectivity index (χ0) is 14.8. The molecule has 0 aliphatic heterocycles. The first-order chi connectivity index (χ1) is 8.51. The largest absolute Gasteiger partial charge is 0.481 e. The van der Waals surface area contributed by atoms with Crippen LogP contribution in [-0.4, -0.2) is 16.9 Å². The van der Waals surface area contributed by atoms with Crippen molar-refractivity contribution in [3.8, 4) is 0 Å². The average molecular weight is 282 g/mol. The molecule has 1 N–H and O–H groups in total. The Labute approximate surface area is 118 Å². The Balaban J connectivity index is 2.79. The van der Waals surface area contributed by atoms with Crippen LogP contribution in [0.3, 0.4) is 0 Å². The second kappa shape index (κ2) is 5.45. The highest BCUT2D eigenvalue weighted by atomic mass is 32.1. The van der Waals surface area contributed by atoms with E-state index < -0.39 is 11.4 Å². The van der Waals surface area contributed by atoms with Crippen molar-refractivity contribution in [3.63, 3.8) is 0 Å². The van der Waals surface area contributed by atoms with Crippen molar-refractivity contribution in [3.05, 3.63) is 21.9 Å². The van der Waals surface area contributed by atoms with Gasteiger partial charge in [-0.25, -0.2) is 0 Å². The predicted molar refractivity (Wildman–Crippen MR) is 78.0 cm³/mol. The number of hydrogen-bond acceptors (Lipinski definition) is 3. The van der Waals surface area contributed by atoms with E-state index in [1.54, 1.807) is 0 Å². The van der Waals surface area contributed by atoms with Crippen LogP contribution in [0.25, 0.3) is 0 Å². The molecule has 0 spiro atoms. The first-order valence-electron chi connectivity index (χ1n) is 6.37. The molecule has 0 fully saturated rings. The van der Waals surface area contributed by atoms with Crippen molar-refractivity contribution >= 4 is 23.1 Å². The summed E-state index contributed by atoms with van der Waals surface area (Å²) in [5.41, 5.74) is -0.464. The molecule has 1 heterocycles. The van der Waals surface area contributed by atoms with Crippen molar-refractivity contribution in [2.75, 3.05) is 0 Å². The summed E-state index contributed by atoms with van der Waals surface area (Å²) >= 11 is 1.51. The Hall–Kier alpha value is -1.16. The third-order valence-electron chi connectivity index (χ3n) is 2.89. The van der Waals surface area contributed by atoms with Gasteiger partial charge in [0.1, 0.15) is 0 Å². The van der Waals surface area contributed by atoms with E-state index >= 15 is 0 Å². The lowest BCUT2D eigenvalue weighted by atomic mass is 9.84. The minimum atomic E-state index is -0.862. The van der Waals surface area contributed by atoms with E-state index in [4.69, 9.17) is 5.11 Å². The monoisotopic (exact) mass is 282 g/mol. The molecule has 19 heavy (non-hydrogen) atoms. The van der Waals surface area contributed by atoms with Crippen LogP contribution >= 0.6 is 11.3 Å². The molecule has 3 nitrogen and oxygen atoms in total. The molecule has 0 unspecified atom stereocenters. The Morgan fingerprint density at radius 2 is 1.68 bits per heavy atom. The number of carbonyl (C=O) groups is 2. The van der Waals surface area contributed by atoms with Gasteiger partial charge in [-0.05, 0) is 23.0 Å². The molecule has 0 bridgehead atoms. The second-order valence-electron chi connectivity index (χ2n) is 6.75. The molecule has 0 radical (unpaired) electrons. The lowest BCUT2D eigenvalue weighted by Gasteiger charge is -2.20. The number of ketones is 1. The van der Waals surface area contributed by atoms with E-state index in [9.17, 15) is 9.59 Å². The van der Waals surface area contributed by atoms with Gasteiger partial charge in [0.25, 0.3) is 0 Å². The van der Waals surface area contributed by atoms with E-state index in [0.717, 1.165) is 4.88 Å². The molecule has 1 aromatic rings. The Kier molecular flexibility index (Phi) is 4.56. The molecular formula is C15H22O3S. The standard InChI is InChI=1S/C15H22O3S/c1-14(2,3)12-7-6-11(19-12)10(16)8-15(4,5)9-13(17)18/h6-7H,8-9H2,1-5H3,(H,17,18). The molecule has 0 saturated heterocycles. The zero-order valence-corrected chi connectivity index (χ0v) is 13.1. The number of hydrogen-bond donors (Lipinski definition) is 1. The number of carboxylic acid groups (broad SMARTS) is 1. The lowest BCUT2D eigenvalue weighted by Crippen LogP contribution is -2.20. The first-order valence-corrected chi connectivity index (χ1v) is 7.18. The van der Waals surface area contributed by atoms with Crippen LogP contribution in [0.2, 0.25) is 0 Å². The molecule has 1 rings (SSSR count). The van der Waals surface area contributed by atoms with Crippen LogP contribution in [0.15, 0.2) is 12.1 Å². The number of carboxylic acids is 1. The number of thiophene rings is 1. The van der Waals surface area contributed by atoms with Gasteiger partial charge in [0, 0.05) is 11.3 Å². The highest BCUT2D eigenvalue weighted by Crippen LogP contribution is 2.33. The van der Waals surface area contributed by atoms with Gasteiger partial charge in [-0.15, -0.1) is 11.3 Å². The first kappa shape index (κ1) is 15.9. The summed E-state index contributed by atoms with van der Waals surface area (Å²) in [6.07, 6.45) is 0.277. The minimum Gasteiger partial charge on any atom is -0.481 e. The van der Waals surface area contributed by atoms with Crippen LogP contribution in [-0.2, 0) is 10.2 Å². The summed E-state index contributed by atoms with van der Waals surface area (Å²) in [5, 5.41) is 8.83. The van der Waals surface area contributed by atoms with Crippen LogP contribution in [0.4, 0.5) is 0 Å². The average Bonchev–Trinajstić information content (AvgIpc) is 2.61. The molecule has 106 valence electrons. The molecule has 0 atom stereocenters. The molecule has 0 aliphatic carbocycles. The SMILES string of the molecule is CC(C)(CC(=O)O)CC(=O)c1ccc(C(C)(C)C)s1. The Morgan fingerprint density at radius 3 is 2.11 bits per heavy atom. The fourth-order valence-electron chi connectivity index (χ4n) is 1.88. The van der Waals surface area contributed by atoms with Gasteiger partial charge in [0.05, 0.1) is 11.3 Å². The molecule has 0 saturated carbocycles. The quantitative estimate of drug-likeness (QED) is 0.826. The minimum absolute atomic E-state index is 0.0102. The lowest BCUT2D eigenvalue weighted by molar-refractivity contribution is -0.139. The number of aliphatic carboxylic acids is 1. The Bertz CT molecular complexity index is 478. The fourth-order valence-corrected chi connectivity index (χ4v) is 2.89. The van der Waals surface area contributed by atoms with E-state index in [2.05, 4.69) is 20.8 Å². The van der Waals surface area contributed by atoms with Gasteiger partial charge in [0.2, 0.25) is 0 Å². The van der Waals surface area contributed by atoms with E-state index in [0.29, 0.717) is 0 Å². The van der Waals surface area contributed by atoms with Gasteiger partial charge in [-0.2, -0.15) is 0 Å². The van der Waals surface area contributed by atoms with Crippen LogP contribution in [0.1, 0.15) is 62.0 Å². The number of rotatable bonds is 5. The highest BCUT2D eigenvalue weighted by Gasteiger charge is 2.27. The van der Waals surface area contributed by atoms with Gasteiger partial charge in [-0.3, -0.25) is 9.59 Å². The maximum atomic E-state index is 12.2. The molecule has 4 heteroatoms. The number of Topliss-reactive ketones (excluding diaryl/α,β-unsaturated/α-hetero) is 1. The molecule has 0 aromatic carbocycles. The van der Waals surface area contributed by atoms with Crippen LogP contribution in [0.5, 0.6) is 0 Å². The topological polar surface area (TPSA) is 54.4 Å². The molecular weight excluding hydrogens is 260 g/mol. The Morgan fingerprint density at radius 1 is 1.11 bits per heavy atom. The van der Waals surface area contributed by atoms with Gasteiger partial charge in [-0.1, -0.05) is 34.6 Å². The van der Waals surface area contributed by atoms with Crippen molar-refractivity contribution in [2.45, 2.75) is 52.9 Å². The number of carbonyl (C=O) groups excluding carboxylic acids is 1. The van der Waals surface area contributed by atoms with Crippen LogP contribution in [0, 0.1) is 5.41 Å². The highest BCUT2D eigenvalue weighted by molar-refractivity contribution is 7.14.